The van der Waals surface area contributed by atoms with Gasteiger partial charge in [0.2, 0.25) is 0 Å². The predicted molar refractivity (Wildman–Crippen MR) is 132 cm³/mol. The zero-order chi connectivity index (χ0) is 24.5. The molecule has 0 heterocycles. The van der Waals surface area contributed by atoms with Gasteiger partial charge in [-0.2, -0.15) is 5.10 Å². The third-order valence-corrected chi connectivity index (χ3v) is 5.08. The molecule has 3 aromatic rings. The number of halogens is 1. The average Bonchev–Trinajstić information content (AvgIpc) is 2.80. The number of amides is 2. The van der Waals surface area contributed by atoms with Crippen molar-refractivity contribution in [3.8, 4) is 5.75 Å². The van der Waals surface area contributed by atoms with Crippen LogP contribution in [0, 0.1) is 0 Å². The minimum absolute atomic E-state index is 0.0515. The monoisotopic (exact) mass is 480 g/mol. The Kier molecular flexibility index (Phi) is 8.75. The SMILES string of the molecule is CN(CCO)Cc1cccc(C(=O)Nc2ccc(Cl)cc2C(=O)N/N=C/c2cccc(O)c2)c1. The number of nitrogens with zero attached hydrogens (tertiary/aromatic N) is 2. The van der Waals surface area contributed by atoms with Crippen LogP contribution in [-0.2, 0) is 6.54 Å². The normalized spacial score (nSPS) is 11.1. The van der Waals surface area contributed by atoms with Gasteiger partial charge in [0.15, 0.2) is 0 Å². The summed E-state index contributed by atoms with van der Waals surface area (Å²) in [4.78, 5) is 27.5. The minimum Gasteiger partial charge on any atom is -0.508 e. The quantitative estimate of drug-likeness (QED) is 0.276. The van der Waals surface area contributed by atoms with Crippen LogP contribution in [0.25, 0.3) is 0 Å². The summed E-state index contributed by atoms with van der Waals surface area (Å²) < 4.78 is 0. The fourth-order valence-electron chi connectivity index (χ4n) is 3.21. The van der Waals surface area contributed by atoms with E-state index in [1.807, 2.05) is 18.0 Å². The highest BCUT2D eigenvalue weighted by Crippen LogP contribution is 2.22. The fraction of sp³-hybridized carbons (Fsp3) is 0.160. The number of rotatable bonds is 9. The molecule has 34 heavy (non-hydrogen) atoms. The van der Waals surface area contributed by atoms with E-state index >= 15 is 0 Å². The zero-order valence-corrected chi connectivity index (χ0v) is 19.3. The smallest absolute Gasteiger partial charge is 0.273 e. The largest absolute Gasteiger partial charge is 0.508 e. The molecule has 0 saturated carbocycles. The topological polar surface area (TPSA) is 114 Å². The lowest BCUT2D eigenvalue weighted by atomic mass is 10.1. The number of likely N-dealkylation sites (N-methyl/N-ethyl adjacent to an activating group) is 1. The summed E-state index contributed by atoms with van der Waals surface area (Å²) in [7, 11) is 1.88. The van der Waals surface area contributed by atoms with Crippen molar-refractivity contribution in [3.63, 3.8) is 0 Å². The Balaban J connectivity index is 1.73. The van der Waals surface area contributed by atoms with Crippen molar-refractivity contribution < 1.29 is 19.8 Å². The molecule has 0 radical (unpaired) electrons. The molecule has 176 valence electrons. The molecule has 0 fully saturated rings. The molecule has 0 bridgehead atoms. The number of anilines is 1. The number of carbonyl (C=O) groups is 2. The lowest BCUT2D eigenvalue weighted by molar-refractivity contribution is 0.0956. The van der Waals surface area contributed by atoms with Gasteiger partial charge in [-0.25, -0.2) is 5.43 Å². The highest BCUT2D eigenvalue weighted by atomic mass is 35.5. The number of aliphatic hydroxyl groups excluding tert-OH is 1. The maximum Gasteiger partial charge on any atom is 0.273 e. The van der Waals surface area contributed by atoms with Crippen LogP contribution in [0.4, 0.5) is 5.69 Å². The minimum atomic E-state index is -0.561. The molecule has 8 nitrogen and oxygen atoms in total. The first-order valence-corrected chi connectivity index (χ1v) is 10.8. The van der Waals surface area contributed by atoms with Gasteiger partial charge in [0, 0.05) is 23.7 Å². The van der Waals surface area contributed by atoms with Gasteiger partial charge in [0.05, 0.1) is 24.1 Å². The van der Waals surface area contributed by atoms with Crippen molar-refractivity contribution in [2.75, 3.05) is 25.5 Å². The van der Waals surface area contributed by atoms with E-state index in [-0.39, 0.29) is 29.5 Å². The van der Waals surface area contributed by atoms with E-state index in [9.17, 15) is 14.7 Å². The molecule has 9 heteroatoms. The van der Waals surface area contributed by atoms with E-state index in [1.54, 1.807) is 42.5 Å². The number of nitrogens with one attached hydrogen (secondary N) is 2. The summed E-state index contributed by atoms with van der Waals surface area (Å²) in [5.41, 5.74) is 4.77. The van der Waals surface area contributed by atoms with E-state index < -0.39 is 5.91 Å². The second-order valence-corrected chi connectivity index (χ2v) is 8.04. The Morgan fingerprint density at radius 3 is 2.62 bits per heavy atom. The highest BCUT2D eigenvalue weighted by Gasteiger charge is 2.15. The van der Waals surface area contributed by atoms with Crippen LogP contribution < -0.4 is 10.7 Å². The Labute approximate surface area is 202 Å². The van der Waals surface area contributed by atoms with Crippen molar-refractivity contribution in [2.24, 2.45) is 5.10 Å². The number of aromatic hydroxyl groups is 1. The molecule has 0 aliphatic carbocycles. The lowest BCUT2D eigenvalue weighted by Gasteiger charge is -2.16. The maximum atomic E-state index is 12.9. The van der Waals surface area contributed by atoms with Gasteiger partial charge < -0.3 is 15.5 Å². The Hall–Kier alpha value is -3.72. The molecule has 3 rings (SSSR count). The summed E-state index contributed by atoms with van der Waals surface area (Å²) in [5.74, 6) is -0.862. The summed E-state index contributed by atoms with van der Waals surface area (Å²) in [6.45, 7) is 1.15. The van der Waals surface area contributed by atoms with Crippen LogP contribution >= 0.6 is 11.6 Å². The molecule has 4 N–H and O–H groups in total. The number of phenolic OH excluding ortho intramolecular Hbond substituents is 1. The Morgan fingerprint density at radius 1 is 1.06 bits per heavy atom. The van der Waals surface area contributed by atoms with E-state index in [2.05, 4.69) is 15.8 Å². The molecule has 2 amide bonds. The molecule has 0 unspecified atom stereocenters. The Bertz CT molecular complexity index is 1200. The van der Waals surface area contributed by atoms with E-state index in [1.165, 1.54) is 24.4 Å². The first-order valence-electron chi connectivity index (χ1n) is 10.5. The van der Waals surface area contributed by atoms with E-state index in [4.69, 9.17) is 16.7 Å². The molecule has 0 aromatic heterocycles. The van der Waals surface area contributed by atoms with E-state index in [0.717, 1.165) is 5.56 Å². The van der Waals surface area contributed by atoms with Crippen molar-refractivity contribution in [2.45, 2.75) is 6.54 Å². The summed E-state index contributed by atoms with van der Waals surface area (Å²) in [5, 5.41) is 25.6. The molecular weight excluding hydrogens is 456 g/mol. The molecule has 0 aliphatic heterocycles. The number of carbonyl (C=O) groups excluding carboxylic acids is 2. The van der Waals surface area contributed by atoms with Gasteiger partial charge >= 0.3 is 0 Å². The Morgan fingerprint density at radius 2 is 1.85 bits per heavy atom. The third-order valence-electron chi connectivity index (χ3n) is 4.85. The van der Waals surface area contributed by atoms with Gasteiger partial charge in [0.1, 0.15) is 5.75 Å². The van der Waals surface area contributed by atoms with Crippen LogP contribution in [0.15, 0.2) is 71.8 Å². The van der Waals surface area contributed by atoms with Crippen molar-refractivity contribution >= 4 is 35.3 Å². The molecule has 0 atom stereocenters. The van der Waals surface area contributed by atoms with E-state index in [0.29, 0.717) is 29.2 Å². The molecule has 3 aromatic carbocycles. The van der Waals surface area contributed by atoms with Gasteiger partial charge in [-0.05, 0) is 60.6 Å². The van der Waals surface area contributed by atoms with Gasteiger partial charge in [-0.3, -0.25) is 14.5 Å². The molecular formula is C25H25ClN4O4. The molecule has 0 spiro atoms. The summed E-state index contributed by atoms with van der Waals surface area (Å²) in [6, 6.07) is 18.1. The predicted octanol–water partition coefficient (Wildman–Crippen LogP) is 3.49. The number of hydrogen-bond donors (Lipinski definition) is 4. The van der Waals surface area contributed by atoms with Crippen molar-refractivity contribution in [1.82, 2.24) is 10.3 Å². The molecule has 0 saturated heterocycles. The standard InChI is InChI=1S/C25H25ClN4O4/c1-30(10-11-31)16-18-5-2-6-19(12-18)24(33)28-23-9-8-20(26)14-22(23)25(34)29-27-15-17-4-3-7-21(32)13-17/h2-9,12-15,31-32H,10-11,16H2,1H3,(H,28,33)(H,29,34)/b27-15+. The van der Waals surface area contributed by atoms with Crippen LogP contribution in [0.2, 0.25) is 5.02 Å². The van der Waals surface area contributed by atoms with Crippen LogP contribution in [0.5, 0.6) is 5.75 Å². The van der Waals surface area contributed by atoms with Gasteiger partial charge in [-0.15, -0.1) is 0 Å². The van der Waals surface area contributed by atoms with Gasteiger partial charge in [-0.1, -0.05) is 35.9 Å². The third kappa shape index (κ3) is 7.14. The van der Waals surface area contributed by atoms with Crippen LogP contribution in [0.1, 0.15) is 31.8 Å². The summed E-state index contributed by atoms with van der Waals surface area (Å²) >= 11 is 6.08. The second-order valence-electron chi connectivity index (χ2n) is 7.60. The zero-order valence-electron chi connectivity index (χ0n) is 18.5. The maximum absolute atomic E-state index is 12.9. The number of aliphatic hydroxyl groups is 1. The van der Waals surface area contributed by atoms with Gasteiger partial charge in [0.25, 0.3) is 11.8 Å². The molecule has 0 aliphatic rings. The fourth-order valence-corrected chi connectivity index (χ4v) is 3.38. The number of phenols is 1. The first kappa shape index (κ1) is 24.9. The highest BCUT2D eigenvalue weighted by molar-refractivity contribution is 6.31. The number of hydrazone groups is 1. The summed E-state index contributed by atoms with van der Waals surface area (Å²) in [6.07, 6.45) is 1.39. The van der Waals surface area contributed by atoms with Crippen LogP contribution in [0.3, 0.4) is 0 Å². The average molecular weight is 481 g/mol. The lowest BCUT2D eigenvalue weighted by Crippen LogP contribution is -2.22. The number of hydrogen-bond acceptors (Lipinski definition) is 6. The second kappa shape index (κ2) is 11.9. The first-order chi connectivity index (χ1) is 16.4. The van der Waals surface area contributed by atoms with Crippen LogP contribution in [-0.4, -0.2) is 53.3 Å². The number of benzene rings is 3. The van der Waals surface area contributed by atoms with Crippen molar-refractivity contribution in [1.29, 1.82) is 0 Å². The van der Waals surface area contributed by atoms with Crippen molar-refractivity contribution in [3.05, 3.63) is 94.0 Å².